The molecule has 1 heterocycles. The van der Waals surface area contributed by atoms with E-state index in [-0.39, 0.29) is 17.7 Å². The Hall–Kier alpha value is -1.35. The summed E-state index contributed by atoms with van der Waals surface area (Å²) in [4.78, 5) is 1.37. The standard InChI is InChI=1S/C6H10FN4O3S/c1-10(4-5-15(12,13)14)6-2-3-8-11(7)9-6/h2,8H,4-5H2,1H3,(H,12,13,14). The average Bonchev–Trinajstić information content (AvgIpc) is 2.13. The molecule has 0 unspecified atom stereocenters. The van der Waals surface area contributed by atoms with E-state index in [0.717, 1.165) is 0 Å². The molecule has 0 amide bonds. The molecule has 15 heavy (non-hydrogen) atoms. The highest BCUT2D eigenvalue weighted by Crippen LogP contribution is 1.99. The van der Waals surface area contributed by atoms with Crippen molar-refractivity contribution in [2.75, 3.05) is 19.3 Å². The number of hydrazone groups is 1. The van der Waals surface area contributed by atoms with Crippen molar-refractivity contribution in [3.63, 3.8) is 0 Å². The van der Waals surface area contributed by atoms with Crippen LogP contribution in [0.25, 0.3) is 0 Å². The molecule has 1 radical (unpaired) electrons. The summed E-state index contributed by atoms with van der Waals surface area (Å²) in [5.41, 5.74) is 2.02. The quantitative estimate of drug-likeness (QED) is 0.491. The van der Waals surface area contributed by atoms with Crippen LogP contribution < -0.4 is 5.43 Å². The molecule has 1 rings (SSSR count). The van der Waals surface area contributed by atoms with E-state index in [1.54, 1.807) is 0 Å². The first kappa shape index (κ1) is 11.7. The third kappa shape index (κ3) is 4.13. The third-order valence-corrected chi connectivity index (χ3v) is 2.32. The number of nitrogens with one attached hydrogen (secondary N) is 1. The number of amidine groups is 1. The van der Waals surface area contributed by atoms with Crippen LogP contribution in [0.1, 0.15) is 0 Å². The monoisotopic (exact) mass is 237 g/mol. The molecule has 0 aliphatic carbocycles. The molecule has 2 N–H and O–H groups in total. The summed E-state index contributed by atoms with van der Waals surface area (Å²) in [6, 6.07) is 0. The van der Waals surface area contributed by atoms with Gasteiger partial charge in [0.25, 0.3) is 10.1 Å². The molecular weight excluding hydrogens is 227 g/mol. The summed E-state index contributed by atoms with van der Waals surface area (Å²) in [6.45, 7) is 0.00366. The van der Waals surface area contributed by atoms with Crippen LogP contribution in [0.3, 0.4) is 0 Å². The van der Waals surface area contributed by atoms with Crippen molar-refractivity contribution in [3.8, 4) is 0 Å². The third-order valence-electron chi connectivity index (χ3n) is 1.62. The van der Waals surface area contributed by atoms with E-state index in [1.807, 2.05) is 5.43 Å². The molecule has 85 valence electrons. The number of halogens is 1. The Kier molecular flexibility index (Phi) is 3.48. The van der Waals surface area contributed by atoms with E-state index in [1.165, 1.54) is 18.0 Å². The number of hydrogen-bond acceptors (Lipinski definition) is 6. The van der Waals surface area contributed by atoms with Gasteiger partial charge in [-0.25, -0.2) is 0 Å². The first-order valence-corrected chi connectivity index (χ1v) is 5.54. The summed E-state index contributed by atoms with van der Waals surface area (Å²) in [7, 11) is -2.51. The molecule has 0 aromatic rings. The van der Waals surface area contributed by atoms with Crippen molar-refractivity contribution < 1.29 is 17.5 Å². The van der Waals surface area contributed by atoms with E-state index in [9.17, 15) is 12.9 Å². The lowest BCUT2D eigenvalue weighted by atomic mass is 10.4. The van der Waals surface area contributed by atoms with E-state index >= 15 is 0 Å². The number of nitrogens with zero attached hydrogens (tertiary/aromatic N) is 3. The highest BCUT2D eigenvalue weighted by atomic mass is 32.2. The fraction of sp³-hybridized carbons (Fsp3) is 0.500. The Balaban J connectivity index is 2.54. The molecule has 0 aromatic heterocycles. The van der Waals surface area contributed by atoms with Crippen LogP contribution in [0, 0.1) is 6.20 Å². The highest BCUT2D eigenvalue weighted by molar-refractivity contribution is 7.85. The maximum atomic E-state index is 12.5. The molecule has 7 nitrogen and oxygen atoms in total. The van der Waals surface area contributed by atoms with Gasteiger partial charge in [-0.3, -0.25) is 9.98 Å². The van der Waals surface area contributed by atoms with Gasteiger partial charge in [-0.15, -0.1) is 5.10 Å². The maximum absolute atomic E-state index is 12.5. The van der Waals surface area contributed by atoms with Crippen LogP contribution in [0.5, 0.6) is 0 Å². The molecule has 0 aromatic carbocycles. The van der Waals surface area contributed by atoms with Crippen molar-refractivity contribution in [3.05, 3.63) is 12.3 Å². The molecule has 9 heteroatoms. The zero-order valence-electron chi connectivity index (χ0n) is 7.88. The van der Waals surface area contributed by atoms with Gasteiger partial charge in [0.1, 0.15) is 0 Å². The topological polar surface area (TPSA) is 85.2 Å². The Bertz CT molecular complexity index is 380. The van der Waals surface area contributed by atoms with E-state index in [2.05, 4.69) is 11.3 Å². The lowest BCUT2D eigenvalue weighted by Gasteiger charge is -2.21. The minimum atomic E-state index is -4.03. The number of hydrogen-bond donors (Lipinski definition) is 2. The minimum absolute atomic E-state index is 0.00366. The Morgan fingerprint density at radius 3 is 3.00 bits per heavy atom. The Morgan fingerprint density at radius 1 is 1.80 bits per heavy atom. The lowest BCUT2D eigenvalue weighted by molar-refractivity contribution is -0.0186. The first-order chi connectivity index (χ1) is 6.88. The van der Waals surface area contributed by atoms with Crippen LogP contribution in [-0.2, 0) is 10.1 Å². The van der Waals surface area contributed by atoms with Crippen molar-refractivity contribution in [1.29, 1.82) is 0 Å². The summed E-state index contributed by atoms with van der Waals surface area (Å²) < 4.78 is 41.9. The molecule has 0 saturated heterocycles. The Labute approximate surface area is 86.5 Å². The van der Waals surface area contributed by atoms with Crippen molar-refractivity contribution in [2.45, 2.75) is 0 Å². The van der Waals surface area contributed by atoms with E-state index in [4.69, 9.17) is 4.55 Å². The zero-order valence-corrected chi connectivity index (χ0v) is 8.70. The predicted molar refractivity (Wildman–Crippen MR) is 50.4 cm³/mol. The molecule has 0 fully saturated rings. The van der Waals surface area contributed by atoms with Crippen LogP contribution in [0.15, 0.2) is 11.2 Å². The van der Waals surface area contributed by atoms with Gasteiger partial charge in [0.15, 0.2) is 5.84 Å². The molecular formula is C6H10FN4O3S. The van der Waals surface area contributed by atoms with Crippen molar-refractivity contribution >= 4 is 16.0 Å². The zero-order chi connectivity index (χ0) is 11.5. The first-order valence-electron chi connectivity index (χ1n) is 3.94. The fourth-order valence-corrected chi connectivity index (χ4v) is 1.35. The van der Waals surface area contributed by atoms with Gasteiger partial charge in [0, 0.05) is 19.7 Å². The van der Waals surface area contributed by atoms with Crippen LogP contribution >= 0.6 is 0 Å². The predicted octanol–water partition coefficient (Wildman–Crippen LogP) is -0.859. The van der Waals surface area contributed by atoms with Gasteiger partial charge >= 0.3 is 0 Å². The molecule has 0 atom stereocenters. The second-order valence-electron chi connectivity index (χ2n) is 2.83. The second kappa shape index (κ2) is 4.45. The summed E-state index contributed by atoms with van der Waals surface area (Å²) >= 11 is 0. The van der Waals surface area contributed by atoms with Crippen LogP contribution in [0.4, 0.5) is 4.48 Å². The average molecular weight is 237 g/mol. The van der Waals surface area contributed by atoms with Gasteiger partial charge in [-0.2, -0.15) is 8.42 Å². The lowest BCUT2D eigenvalue weighted by Crippen LogP contribution is -2.36. The van der Waals surface area contributed by atoms with Crippen LogP contribution in [0.2, 0.25) is 0 Å². The number of hydrazine groups is 1. The SMILES string of the molecule is CN(CCS(=O)(=O)O)C1=NN(F)N[C]=C1. The minimum Gasteiger partial charge on any atom is -0.357 e. The highest BCUT2D eigenvalue weighted by Gasteiger charge is 2.13. The van der Waals surface area contributed by atoms with Crippen molar-refractivity contribution in [1.82, 2.24) is 15.7 Å². The summed E-state index contributed by atoms with van der Waals surface area (Å²) in [5, 5.41) is 3.33. The molecule has 1 aliphatic rings. The summed E-state index contributed by atoms with van der Waals surface area (Å²) in [6.07, 6.45) is 3.70. The van der Waals surface area contributed by atoms with Crippen molar-refractivity contribution in [2.24, 2.45) is 5.10 Å². The van der Waals surface area contributed by atoms with Gasteiger partial charge in [-0.05, 0) is 5.34 Å². The van der Waals surface area contributed by atoms with Gasteiger partial charge in [-0.1, -0.05) is 4.48 Å². The number of likely N-dealkylation sites (N-methyl/N-ethyl adjacent to an activating group) is 1. The Morgan fingerprint density at radius 2 is 2.47 bits per heavy atom. The second-order valence-corrected chi connectivity index (χ2v) is 4.40. The maximum Gasteiger partial charge on any atom is 0.266 e. The van der Waals surface area contributed by atoms with Gasteiger partial charge in [0.05, 0.1) is 12.0 Å². The summed E-state index contributed by atoms with van der Waals surface area (Å²) in [5.74, 6) is -0.254. The van der Waals surface area contributed by atoms with Gasteiger partial charge in [0.2, 0.25) is 0 Å². The largest absolute Gasteiger partial charge is 0.357 e. The fourth-order valence-electron chi connectivity index (χ4n) is 0.847. The molecule has 0 saturated carbocycles. The number of rotatable bonds is 3. The smallest absolute Gasteiger partial charge is 0.266 e. The van der Waals surface area contributed by atoms with E-state index in [0.29, 0.717) is 0 Å². The van der Waals surface area contributed by atoms with Gasteiger partial charge < -0.3 is 4.90 Å². The molecule has 1 aliphatic heterocycles. The molecule has 0 spiro atoms. The van der Waals surface area contributed by atoms with Crippen LogP contribution in [-0.4, -0.2) is 48.4 Å². The normalized spacial score (nSPS) is 15.9. The molecule has 0 bridgehead atoms. The van der Waals surface area contributed by atoms with E-state index < -0.39 is 15.9 Å².